The van der Waals surface area contributed by atoms with Crippen molar-refractivity contribution in [2.45, 2.75) is 52.6 Å². The minimum Gasteiger partial charge on any atom is -0.494 e. The van der Waals surface area contributed by atoms with Gasteiger partial charge in [0, 0.05) is 24.7 Å². The summed E-state index contributed by atoms with van der Waals surface area (Å²) in [6.45, 7) is 9.83. The maximum Gasteiger partial charge on any atom is 0.251 e. The second-order valence-corrected chi connectivity index (χ2v) is 7.67. The number of rotatable bonds is 7. The van der Waals surface area contributed by atoms with Crippen molar-refractivity contribution in [1.29, 1.82) is 0 Å². The van der Waals surface area contributed by atoms with Crippen LogP contribution in [0.25, 0.3) is 0 Å². The number of hydrogen-bond acceptors (Lipinski definition) is 4. The molecule has 1 aliphatic rings. The minimum absolute atomic E-state index is 0. The van der Waals surface area contributed by atoms with Crippen LogP contribution in [0.3, 0.4) is 0 Å². The summed E-state index contributed by atoms with van der Waals surface area (Å²) in [5, 5.41) is 2.92. The van der Waals surface area contributed by atoms with E-state index in [1.807, 2.05) is 32.6 Å². The van der Waals surface area contributed by atoms with Gasteiger partial charge >= 0.3 is 0 Å². The van der Waals surface area contributed by atoms with Crippen molar-refractivity contribution in [2.24, 2.45) is 17.6 Å². The molecule has 6 nitrogen and oxygen atoms in total. The number of carbonyl (C=O) groups is 2. The summed E-state index contributed by atoms with van der Waals surface area (Å²) in [5.74, 6) is 0.950. The molecule has 1 aromatic carbocycles. The van der Waals surface area contributed by atoms with Gasteiger partial charge in [0.1, 0.15) is 11.8 Å². The SMILES string of the molecule is CCOc1ccc(C(=O)NC(C(=O)N2CCC(C(C)N)CC2)C(C)C)cc1.Cl. The second kappa shape index (κ2) is 11.3. The van der Waals surface area contributed by atoms with Crippen LogP contribution in [-0.2, 0) is 4.79 Å². The van der Waals surface area contributed by atoms with Gasteiger partial charge in [0.15, 0.2) is 0 Å². The topological polar surface area (TPSA) is 84.7 Å². The molecular formula is C21H34ClN3O3. The van der Waals surface area contributed by atoms with Gasteiger partial charge < -0.3 is 20.7 Å². The maximum absolute atomic E-state index is 13.0. The van der Waals surface area contributed by atoms with Crippen molar-refractivity contribution >= 4 is 24.2 Å². The van der Waals surface area contributed by atoms with Crippen molar-refractivity contribution in [3.05, 3.63) is 29.8 Å². The van der Waals surface area contributed by atoms with E-state index in [4.69, 9.17) is 10.5 Å². The highest BCUT2D eigenvalue weighted by Crippen LogP contribution is 2.21. The fourth-order valence-corrected chi connectivity index (χ4v) is 3.45. The number of likely N-dealkylation sites (tertiary alicyclic amines) is 1. The van der Waals surface area contributed by atoms with Crippen LogP contribution < -0.4 is 15.8 Å². The van der Waals surface area contributed by atoms with Crippen LogP contribution in [0.4, 0.5) is 0 Å². The van der Waals surface area contributed by atoms with Crippen LogP contribution in [0, 0.1) is 11.8 Å². The summed E-state index contributed by atoms with van der Waals surface area (Å²) in [6.07, 6.45) is 1.84. The molecule has 28 heavy (non-hydrogen) atoms. The Morgan fingerprint density at radius 3 is 2.21 bits per heavy atom. The van der Waals surface area contributed by atoms with E-state index >= 15 is 0 Å². The van der Waals surface area contributed by atoms with Gasteiger partial charge in [0.05, 0.1) is 6.61 Å². The van der Waals surface area contributed by atoms with Gasteiger partial charge in [-0.25, -0.2) is 0 Å². The third-order valence-corrected chi connectivity index (χ3v) is 5.24. The van der Waals surface area contributed by atoms with Crippen molar-refractivity contribution < 1.29 is 14.3 Å². The number of nitrogens with two attached hydrogens (primary N) is 1. The van der Waals surface area contributed by atoms with E-state index in [1.165, 1.54) is 0 Å². The first-order valence-corrected chi connectivity index (χ1v) is 9.91. The lowest BCUT2D eigenvalue weighted by Gasteiger charge is -2.36. The Labute approximate surface area is 174 Å². The predicted octanol–water partition coefficient (Wildman–Crippen LogP) is 2.85. The number of ether oxygens (including phenoxy) is 1. The lowest BCUT2D eigenvalue weighted by molar-refractivity contribution is -0.135. The summed E-state index contributed by atoms with van der Waals surface area (Å²) in [7, 11) is 0. The molecule has 3 N–H and O–H groups in total. The van der Waals surface area contributed by atoms with E-state index in [0.717, 1.165) is 18.6 Å². The van der Waals surface area contributed by atoms with Crippen LogP contribution in [0.1, 0.15) is 50.9 Å². The van der Waals surface area contributed by atoms with Gasteiger partial charge in [0.2, 0.25) is 5.91 Å². The fraction of sp³-hybridized carbons (Fsp3) is 0.619. The van der Waals surface area contributed by atoms with Gasteiger partial charge in [-0.05, 0) is 62.8 Å². The molecule has 0 radical (unpaired) electrons. The molecule has 0 aliphatic carbocycles. The molecule has 1 heterocycles. The van der Waals surface area contributed by atoms with Crippen molar-refractivity contribution in [3.8, 4) is 5.75 Å². The second-order valence-electron chi connectivity index (χ2n) is 7.67. The Morgan fingerprint density at radius 2 is 1.75 bits per heavy atom. The van der Waals surface area contributed by atoms with Crippen LogP contribution in [-0.4, -0.2) is 48.5 Å². The Bertz CT molecular complexity index is 626. The molecule has 1 fully saturated rings. The average molecular weight is 412 g/mol. The summed E-state index contributed by atoms with van der Waals surface area (Å²) < 4.78 is 5.40. The molecule has 1 saturated heterocycles. The van der Waals surface area contributed by atoms with E-state index in [9.17, 15) is 9.59 Å². The zero-order chi connectivity index (χ0) is 20.0. The van der Waals surface area contributed by atoms with Crippen LogP contribution in [0.2, 0.25) is 0 Å². The number of benzene rings is 1. The normalized spacial score (nSPS) is 16.9. The Morgan fingerprint density at radius 1 is 1.18 bits per heavy atom. The molecule has 1 aromatic rings. The summed E-state index contributed by atoms with van der Waals surface area (Å²) in [4.78, 5) is 27.5. The van der Waals surface area contributed by atoms with Crippen molar-refractivity contribution in [2.75, 3.05) is 19.7 Å². The molecule has 2 unspecified atom stereocenters. The number of nitrogens with zero attached hydrogens (tertiary/aromatic N) is 1. The Hall–Kier alpha value is -1.79. The molecule has 0 aromatic heterocycles. The Balaban J connectivity index is 0.00000392. The minimum atomic E-state index is -0.532. The predicted molar refractivity (Wildman–Crippen MR) is 114 cm³/mol. The standard InChI is InChI=1S/C21H33N3O3.ClH/c1-5-27-18-8-6-17(7-9-18)20(25)23-19(14(2)3)21(26)24-12-10-16(11-13-24)15(4)22;/h6-9,14-16,19H,5,10-13,22H2,1-4H3,(H,23,25);1H. The van der Waals surface area contributed by atoms with E-state index in [0.29, 0.717) is 31.2 Å². The third-order valence-electron chi connectivity index (χ3n) is 5.24. The van der Waals surface area contributed by atoms with Gasteiger partial charge in [-0.2, -0.15) is 0 Å². The lowest BCUT2D eigenvalue weighted by atomic mass is 9.90. The zero-order valence-corrected chi connectivity index (χ0v) is 18.1. The molecule has 2 amide bonds. The number of carbonyl (C=O) groups excluding carboxylic acids is 2. The molecule has 0 spiro atoms. The molecule has 1 aliphatic heterocycles. The molecule has 158 valence electrons. The molecule has 7 heteroatoms. The molecule has 2 atom stereocenters. The quantitative estimate of drug-likeness (QED) is 0.722. The number of halogens is 1. The van der Waals surface area contributed by atoms with Crippen LogP contribution >= 0.6 is 12.4 Å². The van der Waals surface area contributed by atoms with Gasteiger partial charge in [0.25, 0.3) is 5.91 Å². The third kappa shape index (κ3) is 6.38. The zero-order valence-electron chi connectivity index (χ0n) is 17.3. The van der Waals surface area contributed by atoms with Crippen molar-refractivity contribution in [3.63, 3.8) is 0 Å². The van der Waals surface area contributed by atoms with E-state index in [1.54, 1.807) is 24.3 Å². The molecule has 0 bridgehead atoms. The largest absolute Gasteiger partial charge is 0.494 e. The van der Waals surface area contributed by atoms with Crippen LogP contribution in [0.5, 0.6) is 5.75 Å². The van der Waals surface area contributed by atoms with Crippen LogP contribution in [0.15, 0.2) is 24.3 Å². The summed E-state index contributed by atoms with van der Waals surface area (Å²) in [6, 6.07) is 6.60. The number of hydrogen-bond donors (Lipinski definition) is 2. The maximum atomic E-state index is 13.0. The van der Waals surface area contributed by atoms with E-state index in [-0.39, 0.29) is 36.2 Å². The first kappa shape index (κ1) is 24.2. The first-order chi connectivity index (χ1) is 12.8. The number of piperidine rings is 1. The van der Waals surface area contributed by atoms with Gasteiger partial charge in [-0.3, -0.25) is 9.59 Å². The number of nitrogens with one attached hydrogen (secondary N) is 1. The molecule has 2 rings (SSSR count). The highest BCUT2D eigenvalue weighted by Gasteiger charge is 2.32. The van der Waals surface area contributed by atoms with E-state index in [2.05, 4.69) is 5.32 Å². The van der Waals surface area contributed by atoms with Crippen molar-refractivity contribution in [1.82, 2.24) is 10.2 Å². The molecular weight excluding hydrogens is 378 g/mol. The highest BCUT2D eigenvalue weighted by molar-refractivity contribution is 5.97. The lowest BCUT2D eigenvalue weighted by Crippen LogP contribution is -2.53. The summed E-state index contributed by atoms with van der Waals surface area (Å²) in [5.41, 5.74) is 6.51. The fourth-order valence-electron chi connectivity index (χ4n) is 3.45. The average Bonchev–Trinajstić information content (AvgIpc) is 2.66. The van der Waals surface area contributed by atoms with Gasteiger partial charge in [-0.1, -0.05) is 13.8 Å². The molecule has 0 saturated carbocycles. The summed E-state index contributed by atoms with van der Waals surface area (Å²) >= 11 is 0. The van der Waals surface area contributed by atoms with Gasteiger partial charge in [-0.15, -0.1) is 12.4 Å². The number of amides is 2. The smallest absolute Gasteiger partial charge is 0.251 e. The first-order valence-electron chi connectivity index (χ1n) is 9.91. The Kier molecular flexibility index (Phi) is 9.76. The monoisotopic (exact) mass is 411 g/mol. The highest BCUT2D eigenvalue weighted by atomic mass is 35.5. The van der Waals surface area contributed by atoms with E-state index < -0.39 is 6.04 Å².